The third kappa shape index (κ3) is 3.01. The van der Waals surface area contributed by atoms with Gasteiger partial charge in [-0.05, 0) is 18.4 Å². The second-order valence-electron chi connectivity index (χ2n) is 4.99. The number of hydrogen-bond donors (Lipinski definition) is 1. The van der Waals surface area contributed by atoms with E-state index in [2.05, 4.69) is 4.98 Å². The van der Waals surface area contributed by atoms with Gasteiger partial charge in [0.15, 0.2) is 0 Å². The van der Waals surface area contributed by atoms with Crippen LogP contribution in [-0.4, -0.2) is 52.8 Å². The minimum absolute atomic E-state index is 0.00648. The summed E-state index contributed by atoms with van der Waals surface area (Å²) in [5.74, 6) is -0.0387. The molecule has 3 rings (SSSR count). The maximum Gasteiger partial charge on any atom is 0.266 e. The molecule has 0 aromatic carbocycles. The maximum absolute atomic E-state index is 12.6. The van der Waals surface area contributed by atoms with Gasteiger partial charge in [-0.3, -0.25) is 4.79 Å². The van der Waals surface area contributed by atoms with Gasteiger partial charge in [-0.15, -0.1) is 11.3 Å². The Kier molecular flexibility index (Phi) is 4.34. The van der Waals surface area contributed by atoms with Gasteiger partial charge in [0.1, 0.15) is 9.88 Å². The Balaban J connectivity index is 1.78. The number of aliphatic hydroxyl groups excluding tert-OH is 1. The number of rotatable bonds is 3. The van der Waals surface area contributed by atoms with Crippen molar-refractivity contribution in [2.75, 3.05) is 19.8 Å². The third-order valence-electron chi connectivity index (χ3n) is 3.45. The number of ether oxygens (including phenoxy) is 1. The van der Waals surface area contributed by atoms with Gasteiger partial charge < -0.3 is 14.7 Å². The molecule has 2 unspecified atom stereocenters. The highest BCUT2D eigenvalue weighted by atomic mass is 32.1. The number of amides is 1. The minimum atomic E-state index is -0.297. The Morgan fingerprint density at radius 3 is 3.19 bits per heavy atom. The Bertz CT molecular complexity index is 612. The highest BCUT2D eigenvalue weighted by Gasteiger charge is 2.30. The fraction of sp³-hybridized carbons (Fsp3) is 0.429. The molecule has 1 fully saturated rings. The van der Waals surface area contributed by atoms with Crippen molar-refractivity contribution in [1.82, 2.24) is 9.88 Å². The Hall–Kier alpha value is -1.28. The van der Waals surface area contributed by atoms with Crippen LogP contribution in [0.4, 0.5) is 0 Å². The molecule has 112 valence electrons. The summed E-state index contributed by atoms with van der Waals surface area (Å²) in [5, 5.41) is 14.1. The van der Waals surface area contributed by atoms with Crippen LogP contribution >= 0.6 is 22.7 Å². The second kappa shape index (κ2) is 6.23. The lowest BCUT2D eigenvalue weighted by molar-refractivity contribution is -0.0666. The molecule has 2 aromatic rings. The van der Waals surface area contributed by atoms with Gasteiger partial charge in [-0.25, -0.2) is 4.98 Å². The molecule has 0 aliphatic carbocycles. The quantitative estimate of drug-likeness (QED) is 0.939. The molecule has 0 saturated carbocycles. The predicted molar refractivity (Wildman–Crippen MR) is 82.8 cm³/mol. The lowest BCUT2D eigenvalue weighted by atomic mass is 10.2. The first-order chi connectivity index (χ1) is 10.2. The summed E-state index contributed by atoms with van der Waals surface area (Å²) in [6.45, 7) is 2.75. The van der Waals surface area contributed by atoms with Crippen molar-refractivity contribution < 1.29 is 14.6 Å². The summed E-state index contributed by atoms with van der Waals surface area (Å²) >= 11 is 3.02. The minimum Gasteiger partial charge on any atom is -0.394 e. The van der Waals surface area contributed by atoms with Gasteiger partial charge >= 0.3 is 0 Å². The van der Waals surface area contributed by atoms with E-state index in [1.54, 1.807) is 22.4 Å². The van der Waals surface area contributed by atoms with Crippen LogP contribution in [0.25, 0.3) is 10.6 Å². The van der Waals surface area contributed by atoms with Crippen molar-refractivity contribution in [1.29, 1.82) is 0 Å². The number of nitrogens with zero attached hydrogens (tertiary/aromatic N) is 2. The Morgan fingerprint density at radius 2 is 2.48 bits per heavy atom. The van der Waals surface area contributed by atoms with Gasteiger partial charge in [0, 0.05) is 17.5 Å². The molecule has 2 aromatic heterocycles. The molecule has 5 nitrogen and oxygen atoms in total. The van der Waals surface area contributed by atoms with E-state index < -0.39 is 0 Å². The molecule has 0 bridgehead atoms. The number of hydrogen-bond acceptors (Lipinski definition) is 6. The number of carbonyl (C=O) groups is 1. The summed E-state index contributed by atoms with van der Waals surface area (Å²) in [5.41, 5.74) is 1.05. The zero-order valence-electron chi connectivity index (χ0n) is 11.6. The van der Waals surface area contributed by atoms with Crippen molar-refractivity contribution in [3.63, 3.8) is 0 Å². The number of thiazole rings is 1. The molecular formula is C14H16N2O3S2. The van der Waals surface area contributed by atoms with Gasteiger partial charge in [0.2, 0.25) is 0 Å². The standard InChI is InChI=1S/C14H16N2O3S2/c1-9-7-19-11(6-17)5-16(9)14(18)12-4-15-13(21-12)10-2-3-20-8-10/h2-4,8-9,11,17H,5-7H2,1H3. The number of thiophene rings is 1. The van der Waals surface area contributed by atoms with E-state index in [1.165, 1.54) is 11.3 Å². The van der Waals surface area contributed by atoms with Crippen LogP contribution in [0.1, 0.15) is 16.6 Å². The van der Waals surface area contributed by atoms with E-state index in [0.717, 1.165) is 10.6 Å². The normalized spacial score (nSPS) is 22.5. The van der Waals surface area contributed by atoms with Gasteiger partial charge in [-0.1, -0.05) is 0 Å². The van der Waals surface area contributed by atoms with Crippen molar-refractivity contribution in [2.24, 2.45) is 0 Å². The van der Waals surface area contributed by atoms with E-state index in [4.69, 9.17) is 4.74 Å². The summed E-state index contributed by atoms with van der Waals surface area (Å²) < 4.78 is 5.47. The van der Waals surface area contributed by atoms with Crippen LogP contribution in [0.5, 0.6) is 0 Å². The molecule has 1 saturated heterocycles. The van der Waals surface area contributed by atoms with Crippen LogP contribution in [0, 0.1) is 0 Å². The summed E-state index contributed by atoms with van der Waals surface area (Å²) in [7, 11) is 0. The second-order valence-corrected chi connectivity index (χ2v) is 6.80. The first-order valence-electron chi connectivity index (χ1n) is 6.71. The molecular weight excluding hydrogens is 308 g/mol. The SMILES string of the molecule is CC1COC(CO)CN1C(=O)c1cnc(-c2ccsc2)s1. The third-order valence-corrected chi connectivity index (χ3v) is 5.17. The van der Waals surface area contributed by atoms with Crippen LogP contribution < -0.4 is 0 Å². The van der Waals surface area contributed by atoms with Crippen molar-refractivity contribution in [2.45, 2.75) is 19.1 Å². The smallest absolute Gasteiger partial charge is 0.266 e. The van der Waals surface area contributed by atoms with E-state index in [1.807, 2.05) is 23.8 Å². The van der Waals surface area contributed by atoms with Crippen LogP contribution in [-0.2, 0) is 4.74 Å². The summed E-state index contributed by atoms with van der Waals surface area (Å²) in [6, 6.07) is 2.00. The van der Waals surface area contributed by atoms with E-state index in [9.17, 15) is 9.90 Å². The number of morpholine rings is 1. The summed E-state index contributed by atoms with van der Waals surface area (Å²) in [4.78, 5) is 19.3. The zero-order chi connectivity index (χ0) is 14.8. The van der Waals surface area contributed by atoms with E-state index in [0.29, 0.717) is 18.0 Å². The predicted octanol–water partition coefficient (Wildman–Crippen LogP) is 2.09. The molecule has 1 N–H and O–H groups in total. The lowest BCUT2D eigenvalue weighted by Crippen LogP contribution is -2.51. The van der Waals surface area contributed by atoms with Crippen molar-refractivity contribution in [3.05, 3.63) is 27.9 Å². The largest absolute Gasteiger partial charge is 0.394 e. The molecule has 0 spiro atoms. The summed E-state index contributed by atoms with van der Waals surface area (Å²) in [6.07, 6.45) is 1.34. The van der Waals surface area contributed by atoms with Gasteiger partial charge in [-0.2, -0.15) is 11.3 Å². The first kappa shape index (κ1) is 14.6. The van der Waals surface area contributed by atoms with Crippen molar-refractivity contribution >= 4 is 28.6 Å². The lowest BCUT2D eigenvalue weighted by Gasteiger charge is -2.37. The maximum atomic E-state index is 12.6. The number of aromatic nitrogens is 1. The average molecular weight is 324 g/mol. The first-order valence-corrected chi connectivity index (χ1v) is 8.46. The van der Waals surface area contributed by atoms with E-state index in [-0.39, 0.29) is 24.7 Å². The Labute approximate surface area is 130 Å². The number of aliphatic hydroxyl groups is 1. The van der Waals surface area contributed by atoms with Crippen LogP contribution in [0.15, 0.2) is 23.0 Å². The molecule has 21 heavy (non-hydrogen) atoms. The average Bonchev–Trinajstić information content (AvgIpc) is 3.18. The van der Waals surface area contributed by atoms with Gasteiger partial charge in [0.05, 0.1) is 31.6 Å². The zero-order valence-corrected chi connectivity index (χ0v) is 13.2. The number of carbonyl (C=O) groups excluding carboxylic acids is 1. The molecule has 1 aliphatic rings. The molecule has 1 amide bonds. The topological polar surface area (TPSA) is 62.7 Å². The highest BCUT2D eigenvalue weighted by Crippen LogP contribution is 2.28. The van der Waals surface area contributed by atoms with E-state index >= 15 is 0 Å². The fourth-order valence-corrected chi connectivity index (χ4v) is 3.83. The fourth-order valence-electron chi connectivity index (χ4n) is 2.25. The Morgan fingerprint density at radius 1 is 1.62 bits per heavy atom. The highest BCUT2D eigenvalue weighted by molar-refractivity contribution is 7.17. The molecule has 2 atom stereocenters. The van der Waals surface area contributed by atoms with Crippen molar-refractivity contribution in [3.8, 4) is 10.6 Å². The van der Waals surface area contributed by atoms with Crippen LogP contribution in [0.3, 0.4) is 0 Å². The molecule has 0 radical (unpaired) electrons. The molecule has 3 heterocycles. The van der Waals surface area contributed by atoms with Gasteiger partial charge in [0.25, 0.3) is 5.91 Å². The monoisotopic (exact) mass is 324 g/mol. The molecule has 7 heteroatoms. The molecule has 1 aliphatic heterocycles. The van der Waals surface area contributed by atoms with Crippen LogP contribution in [0.2, 0.25) is 0 Å².